The van der Waals surface area contributed by atoms with Gasteiger partial charge in [-0.15, -0.1) is 0 Å². The molecule has 0 amide bonds. The summed E-state index contributed by atoms with van der Waals surface area (Å²) in [6.07, 6.45) is -5.37. The monoisotopic (exact) mass is 252 g/mol. The van der Waals surface area contributed by atoms with Crippen molar-refractivity contribution in [1.29, 1.82) is 0 Å². The normalized spacial score (nSPS) is 13.8. The maximum absolute atomic E-state index is 11.8. The van der Waals surface area contributed by atoms with E-state index in [-0.39, 0.29) is 0 Å². The van der Waals surface area contributed by atoms with Gasteiger partial charge in [0.05, 0.1) is 17.9 Å². The zero-order valence-electron chi connectivity index (χ0n) is 8.58. The van der Waals surface area contributed by atoms with Crippen molar-refractivity contribution in [2.75, 3.05) is 6.61 Å². The van der Waals surface area contributed by atoms with Gasteiger partial charge in [0, 0.05) is 0 Å². The first kappa shape index (κ1) is 13.2. The Morgan fingerprint density at radius 2 is 1.81 bits per heavy atom. The predicted octanol–water partition coefficient (Wildman–Crippen LogP) is 2.99. The van der Waals surface area contributed by atoms with E-state index in [1.807, 2.05) is 6.92 Å². The van der Waals surface area contributed by atoms with Crippen LogP contribution in [0.3, 0.4) is 0 Å². The molecule has 0 saturated carbocycles. The lowest BCUT2D eigenvalue weighted by molar-refractivity contribution is -0.139. The standard InChI is InChI=1S/C10H11F3O2S/c1-8-2-4-9(5-3-8)16(14)15-7-6-10(11,12)13/h2-5H,6-7H2,1H3. The van der Waals surface area contributed by atoms with Crippen LogP contribution < -0.4 is 0 Å². The Hall–Kier alpha value is -0.880. The number of benzene rings is 1. The molecule has 1 unspecified atom stereocenters. The molecule has 0 fully saturated rings. The van der Waals surface area contributed by atoms with Crippen LogP contribution in [0, 0.1) is 6.92 Å². The number of aryl methyl sites for hydroxylation is 1. The highest BCUT2D eigenvalue weighted by Gasteiger charge is 2.27. The molecule has 1 rings (SSSR count). The fraction of sp³-hybridized carbons (Fsp3) is 0.400. The van der Waals surface area contributed by atoms with Gasteiger partial charge in [0.15, 0.2) is 11.1 Å². The molecule has 90 valence electrons. The molecule has 2 nitrogen and oxygen atoms in total. The topological polar surface area (TPSA) is 26.3 Å². The van der Waals surface area contributed by atoms with E-state index < -0.39 is 30.3 Å². The molecule has 0 aliphatic heterocycles. The first-order valence-electron chi connectivity index (χ1n) is 4.57. The smallest absolute Gasteiger partial charge is 0.286 e. The van der Waals surface area contributed by atoms with Crippen molar-refractivity contribution in [3.63, 3.8) is 0 Å². The van der Waals surface area contributed by atoms with Gasteiger partial charge in [0.25, 0.3) is 0 Å². The Morgan fingerprint density at radius 3 is 2.31 bits per heavy atom. The lowest BCUT2D eigenvalue weighted by Crippen LogP contribution is -2.12. The second-order valence-electron chi connectivity index (χ2n) is 3.23. The van der Waals surface area contributed by atoms with Crippen LogP contribution in [0.25, 0.3) is 0 Å². The molecule has 0 saturated heterocycles. The summed E-state index contributed by atoms with van der Waals surface area (Å²) in [5, 5.41) is 0. The number of hydrogen-bond acceptors (Lipinski definition) is 2. The van der Waals surface area contributed by atoms with Gasteiger partial charge in [-0.25, -0.2) is 4.21 Å². The Morgan fingerprint density at radius 1 is 1.25 bits per heavy atom. The highest BCUT2D eigenvalue weighted by atomic mass is 32.2. The molecule has 0 aliphatic carbocycles. The summed E-state index contributed by atoms with van der Waals surface area (Å²) in [6.45, 7) is 1.27. The minimum atomic E-state index is -4.28. The second-order valence-corrected chi connectivity index (χ2v) is 4.41. The average Bonchev–Trinajstić information content (AvgIpc) is 2.16. The lowest BCUT2D eigenvalue weighted by atomic mass is 10.2. The first-order valence-corrected chi connectivity index (χ1v) is 5.64. The third-order valence-electron chi connectivity index (χ3n) is 1.79. The SMILES string of the molecule is Cc1ccc(S(=O)OCCC(F)(F)F)cc1. The molecular weight excluding hydrogens is 241 g/mol. The van der Waals surface area contributed by atoms with Gasteiger partial charge in [-0.1, -0.05) is 17.7 Å². The fourth-order valence-corrected chi connectivity index (χ4v) is 1.68. The van der Waals surface area contributed by atoms with Crippen LogP contribution in [0.5, 0.6) is 0 Å². The highest BCUT2D eigenvalue weighted by molar-refractivity contribution is 7.80. The lowest BCUT2D eigenvalue weighted by Gasteiger charge is -2.06. The van der Waals surface area contributed by atoms with Gasteiger partial charge >= 0.3 is 6.18 Å². The van der Waals surface area contributed by atoms with E-state index >= 15 is 0 Å². The average molecular weight is 252 g/mol. The van der Waals surface area contributed by atoms with Crippen LogP contribution in [0.15, 0.2) is 29.2 Å². The van der Waals surface area contributed by atoms with E-state index in [4.69, 9.17) is 0 Å². The first-order chi connectivity index (χ1) is 7.38. The van der Waals surface area contributed by atoms with E-state index in [0.717, 1.165) is 5.56 Å². The summed E-state index contributed by atoms with van der Waals surface area (Å²) in [7, 11) is 0. The van der Waals surface area contributed by atoms with Crippen LogP contribution in [0.4, 0.5) is 13.2 Å². The molecule has 0 bridgehead atoms. The minimum Gasteiger partial charge on any atom is -0.286 e. The Kier molecular flexibility index (Phi) is 4.49. The number of halogens is 3. The Balaban J connectivity index is 2.44. The second kappa shape index (κ2) is 5.45. The number of alkyl halides is 3. The Bertz CT molecular complexity index is 359. The zero-order valence-corrected chi connectivity index (χ0v) is 9.40. The van der Waals surface area contributed by atoms with Gasteiger partial charge < -0.3 is 0 Å². The largest absolute Gasteiger partial charge is 0.391 e. The van der Waals surface area contributed by atoms with Gasteiger partial charge in [0.1, 0.15) is 0 Å². The third-order valence-corrected chi connectivity index (χ3v) is 2.83. The summed E-state index contributed by atoms with van der Waals surface area (Å²) in [4.78, 5) is 0.368. The zero-order chi connectivity index (χ0) is 12.2. The van der Waals surface area contributed by atoms with E-state index in [1.165, 1.54) is 0 Å². The van der Waals surface area contributed by atoms with Crippen molar-refractivity contribution in [3.8, 4) is 0 Å². The van der Waals surface area contributed by atoms with Gasteiger partial charge in [0.2, 0.25) is 0 Å². The molecule has 6 heteroatoms. The van der Waals surface area contributed by atoms with Crippen molar-refractivity contribution in [1.82, 2.24) is 0 Å². The van der Waals surface area contributed by atoms with Crippen molar-refractivity contribution < 1.29 is 21.6 Å². The summed E-state index contributed by atoms with van der Waals surface area (Å²) in [5.41, 5.74) is 0.982. The molecule has 0 N–H and O–H groups in total. The molecule has 0 aliphatic rings. The molecule has 1 aromatic carbocycles. The van der Waals surface area contributed by atoms with Gasteiger partial charge in [-0.3, -0.25) is 4.18 Å². The summed E-state index contributed by atoms with van der Waals surface area (Å²) in [5.74, 6) is 0. The molecular formula is C10H11F3O2S. The molecule has 1 atom stereocenters. The molecule has 0 radical (unpaired) electrons. The summed E-state index contributed by atoms with van der Waals surface area (Å²) >= 11 is -1.83. The molecule has 0 spiro atoms. The van der Waals surface area contributed by atoms with Crippen LogP contribution in [0.2, 0.25) is 0 Å². The third kappa shape index (κ3) is 4.76. The van der Waals surface area contributed by atoms with Gasteiger partial charge in [-0.2, -0.15) is 13.2 Å². The maximum atomic E-state index is 11.8. The van der Waals surface area contributed by atoms with Gasteiger partial charge in [-0.05, 0) is 19.1 Å². The van der Waals surface area contributed by atoms with E-state index in [9.17, 15) is 17.4 Å². The van der Waals surface area contributed by atoms with Crippen LogP contribution >= 0.6 is 0 Å². The van der Waals surface area contributed by atoms with Crippen molar-refractivity contribution in [3.05, 3.63) is 29.8 Å². The number of hydrogen-bond donors (Lipinski definition) is 0. The van der Waals surface area contributed by atoms with Crippen LogP contribution in [-0.4, -0.2) is 17.0 Å². The fourth-order valence-electron chi connectivity index (χ4n) is 0.951. The quantitative estimate of drug-likeness (QED) is 0.823. The van der Waals surface area contributed by atoms with Crippen molar-refractivity contribution in [2.24, 2.45) is 0 Å². The van der Waals surface area contributed by atoms with E-state index in [1.54, 1.807) is 24.3 Å². The summed E-state index contributed by atoms with van der Waals surface area (Å²) < 4.78 is 51.3. The maximum Gasteiger partial charge on any atom is 0.391 e. The minimum absolute atomic E-state index is 0.368. The van der Waals surface area contributed by atoms with Crippen LogP contribution in [-0.2, 0) is 15.3 Å². The predicted molar refractivity (Wildman–Crippen MR) is 54.2 cm³/mol. The molecule has 0 aromatic heterocycles. The Labute approximate surface area is 94.1 Å². The molecule has 0 heterocycles. The molecule has 1 aromatic rings. The van der Waals surface area contributed by atoms with E-state index in [2.05, 4.69) is 4.18 Å². The van der Waals surface area contributed by atoms with E-state index in [0.29, 0.717) is 4.90 Å². The summed E-state index contributed by atoms with van der Waals surface area (Å²) in [6, 6.07) is 6.58. The number of rotatable bonds is 4. The molecule has 16 heavy (non-hydrogen) atoms. The van der Waals surface area contributed by atoms with Crippen molar-refractivity contribution in [2.45, 2.75) is 24.4 Å². The van der Waals surface area contributed by atoms with Crippen molar-refractivity contribution >= 4 is 11.1 Å². The van der Waals surface area contributed by atoms with Crippen LogP contribution in [0.1, 0.15) is 12.0 Å². The highest BCUT2D eigenvalue weighted by Crippen LogP contribution is 2.20.